The molecule has 0 N–H and O–H groups in total. The van der Waals surface area contributed by atoms with E-state index in [9.17, 15) is 9.59 Å². The minimum absolute atomic E-state index is 0.0289. The number of benzene rings is 2. The zero-order valence-electron chi connectivity index (χ0n) is 16.9. The number of hydrogen-bond acceptors (Lipinski definition) is 6. The number of rotatable bonds is 7. The Bertz CT molecular complexity index is 1200. The standard InChI is InChI=1S/C25H20N2O4/c1-30-25(29)21-9-5-8-20(27-21)23-16-26-24(31-23)22(28)15-12-17-10-13-19(14-11-17)18-6-3-2-4-7-18/h2-11,13-14,16H,12,15H2,1H3. The van der Waals surface area contributed by atoms with Crippen molar-refractivity contribution in [2.45, 2.75) is 12.8 Å². The summed E-state index contributed by atoms with van der Waals surface area (Å²) in [7, 11) is 1.29. The van der Waals surface area contributed by atoms with Gasteiger partial charge in [-0.05, 0) is 35.2 Å². The average molecular weight is 412 g/mol. The number of ketones is 1. The first kappa shape index (κ1) is 20.2. The van der Waals surface area contributed by atoms with Crippen LogP contribution in [0, 0.1) is 0 Å². The van der Waals surface area contributed by atoms with Crippen molar-refractivity contribution in [3.8, 4) is 22.6 Å². The molecular formula is C25H20N2O4. The van der Waals surface area contributed by atoms with Crippen molar-refractivity contribution in [1.82, 2.24) is 9.97 Å². The highest BCUT2D eigenvalue weighted by Crippen LogP contribution is 2.22. The lowest BCUT2D eigenvalue weighted by atomic mass is 10.0. The monoisotopic (exact) mass is 412 g/mol. The Labute approximate surface area is 179 Å². The molecule has 0 atom stereocenters. The normalized spacial score (nSPS) is 10.6. The molecule has 154 valence electrons. The van der Waals surface area contributed by atoms with Crippen LogP contribution < -0.4 is 0 Å². The summed E-state index contributed by atoms with van der Waals surface area (Å²) in [4.78, 5) is 32.4. The largest absolute Gasteiger partial charge is 0.464 e. The predicted molar refractivity (Wildman–Crippen MR) is 116 cm³/mol. The summed E-state index contributed by atoms with van der Waals surface area (Å²) in [6.45, 7) is 0. The van der Waals surface area contributed by atoms with Gasteiger partial charge < -0.3 is 9.15 Å². The summed E-state index contributed by atoms with van der Waals surface area (Å²) < 4.78 is 10.3. The molecule has 2 aromatic heterocycles. The van der Waals surface area contributed by atoms with E-state index in [1.165, 1.54) is 13.3 Å². The van der Waals surface area contributed by atoms with Crippen LogP contribution in [0.4, 0.5) is 0 Å². The van der Waals surface area contributed by atoms with Gasteiger partial charge in [0.25, 0.3) is 5.89 Å². The zero-order chi connectivity index (χ0) is 21.6. The highest BCUT2D eigenvalue weighted by molar-refractivity contribution is 5.92. The number of aryl methyl sites for hydroxylation is 1. The number of aromatic nitrogens is 2. The summed E-state index contributed by atoms with van der Waals surface area (Å²) >= 11 is 0. The number of carbonyl (C=O) groups is 2. The molecule has 4 aromatic rings. The fourth-order valence-electron chi connectivity index (χ4n) is 3.17. The van der Waals surface area contributed by atoms with Gasteiger partial charge in [0.2, 0.25) is 5.78 Å². The number of pyridine rings is 1. The van der Waals surface area contributed by atoms with Crippen LogP contribution in [0.1, 0.15) is 33.2 Å². The third-order valence-electron chi connectivity index (χ3n) is 4.84. The van der Waals surface area contributed by atoms with E-state index in [1.807, 2.05) is 30.3 Å². The first-order chi connectivity index (χ1) is 15.1. The Morgan fingerprint density at radius 1 is 0.903 bits per heavy atom. The molecule has 6 heteroatoms. The van der Waals surface area contributed by atoms with Crippen LogP contribution in [0.25, 0.3) is 22.6 Å². The van der Waals surface area contributed by atoms with Gasteiger partial charge in [0.1, 0.15) is 11.4 Å². The maximum Gasteiger partial charge on any atom is 0.356 e. The summed E-state index contributed by atoms with van der Waals surface area (Å²) in [5.41, 5.74) is 3.92. The van der Waals surface area contributed by atoms with Crippen LogP contribution in [-0.4, -0.2) is 28.8 Å². The summed E-state index contributed by atoms with van der Waals surface area (Å²) in [5.74, 6) is -0.388. The van der Waals surface area contributed by atoms with Crippen molar-refractivity contribution >= 4 is 11.8 Å². The van der Waals surface area contributed by atoms with Gasteiger partial charge >= 0.3 is 5.97 Å². The van der Waals surface area contributed by atoms with E-state index < -0.39 is 5.97 Å². The molecule has 2 heterocycles. The Balaban J connectivity index is 1.40. The predicted octanol–water partition coefficient (Wildman–Crippen LogP) is 5.01. The van der Waals surface area contributed by atoms with E-state index in [1.54, 1.807) is 18.2 Å². The van der Waals surface area contributed by atoms with Gasteiger partial charge in [-0.25, -0.2) is 14.8 Å². The van der Waals surface area contributed by atoms with Gasteiger partial charge in [0.15, 0.2) is 5.76 Å². The SMILES string of the molecule is COC(=O)c1cccc(-c2cnc(C(=O)CCc3ccc(-c4ccccc4)cc3)o2)n1. The van der Waals surface area contributed by atoms with E-state index in [4.69, 9.17) is 4.42 Å². The molecule has 0 saturated heterocycles. The molecule has 31 heavy (non-hydrogen) atoms. The molecule has 2 aromatic carbocycles. The topological polar surface area (TPSA) is 82.3 Å². The number of Topliss-reactive ketones (excluding diaryl/α,β-unsaturated/α-hetero) is 1. The van der Waals surface area contributed by atoms with Gasteiger partial charge in [-0.1, -0.05) is 60.7 Å². The molecule has 0 aliphatic heterocycles. The lowest BCUT2D eigenvalue weighted by Crippen LogP contribution is -2.04. The van der Waals surface area contributed by atoms with Gasteiger partial charge in [0, 0.05) is 6.42 Å². The molecule has 4 rings (SSSR count). The molecule has 0 saturated carbocycles. The molecule has 0 fully saturated rings. The number of nitrogens with zero attached hydrogens (tertiary/aromatic N) is 2. The highest BCUT2D eigenvalue weighted by atomic mass is 16.5. The van der Waals surface area contributed by atoms with E-state index in [0.717, 1.165) is 16.7 Å². The first-order valence-electron chi connectivity index (χ1n) is 9.83. The second-order valence-electron chi connectivity index (χ2n) is 6.92. The fraction of sp³-hybridized carbons (Fsp3) is 0.120. The average Bonchev–Trinajstić information content (AvgIpc) is 3.33. The second kappa shape index (κ2) is 9.17. The number of oxazole rings is 1. The van der Waals surface area contributed by atoms with Crippen molar-refractivity contribution < 1.29 is 18.7 Å². The van der Waals surface area contributed by atoms with E-state index in [2.05, 4.69) is 39.0 Å². The van der Waals surface area contributed by atoms with Crippen LogP contribution in [-0.2, 0) is 11.2 Å². The summed E-state index contributed by atoms with van der Waals surface area (Å²) in [5, 5.41) is 0. The second-order valence-corrected chi connectivity index (χ2v) is 6.92. The lowest BCUT2D eigenvalue weighted by Gasteiger charge is -2.04. The van der Waals surface area contributed by atoms with Crippen molar-refractivity contribution in [3.63, 3.8) is 0 Å². The quantitative estimate of drug-likeness (QED) is 0.314. The summed E-state index contributed by atoms with van der Waals surface area (Å²) in [6.07, 6.45) is 2.30. The van der Waals surface area contributed by atoms with Gasteiger partial charge in [-0.3, -0.25) is 4.79 Å². The molecule has 0 radical (unpaired) electrons. The van der Waals surface area contributed by atoms with Gasteiger partial charge in [-0.15, -0.1) is 0 Å². The highest BCUT2D eigenvalue weighted by Gasteiger charge is 2.16. The van der Waals surface area contributed by atoms with Gasteiger partial charge in [-0.2, -0.15) is 0 Å². The Kier molecular flexibility index (Phi) is 5.98. The van der Waals surface area contributed by atoms with Gasteiger partial charge in [0.05, 0.1) is 13.3 Å². The molecule has 0 aliphatic rings. The lowest BCUT2D eigenvalue weighted by molar-refractivity contribution is 0.0594. The van der Waals surface area contributed by atoms with E-state index >= 15 is 0 Å². The maximum atomic E-state index is 12.5. The molecule has 0 aliphatic carbocycles. The molecule has 0 amide bonds. The number of esters is 1. The van der Waals surface area contributed by atoms with Crippen LogP contribution in [0.5, 0.6) is 0 Å². The Hall–Kier alpha value is -4.06. The minimum Gasteiger partial charge on any atom is -0.464 e. The molecule has 0 bridgehead atoms. The molecule has 0 unspecified atom stereocenters. The zero-order valence-corrected chi connectivity index (χ0v) is 16.9. The van der Waals surface area contributed by atoms with Crippen molar-refractivity contribution in [2.75, 3.05) is 7.11 Å². The van der Waals surface area contributed by atoms with Crippen LogP contribution in [0.2, 0.25) is 0 Å². The number of carbonyl (C=O) groups excluding carboxylic acids is 2. The van der Waals surface area contributed by atoms with E-state index in [-0.39, 0.29) is 23.8 Å². The smallest absolute Gasteiger partial charge is 0.356 e. The molecule has 6 nitrogen and oxygen atoms in total. The van der Waals surface area contributed by atoms with E-state index in [0.29, 0.717) is 17.9 Å². The first-order valence-corrected chi connectivity index (χ1v) is 9.83. The van der Waals surface area contributed by atoms with Crippen LogP contribution in [0.3, 0.4) is 0 Å². The number of hydrogen-bond donors (Lipinski definition) is 0. The third-order valence-corrected chi connectivity index (χ3v) is 4.84. The van der Waals surface area contributed by atoms with Crippen molar-refractivity contribution in [2.24, 2.45) is 0 Å². The third kappa shape index (κ3) is 4.75. The number of ether oxygens (including phenoxy) is 1. The van der Waals surface area contributed by atoms with Crippen molar-refractivity contribution in [1.29, 1.82) is 0 Å². The molecular weight excluding hydrogens is 392 g/mol. The van der Waals surface area contributed by atoms with Crippen molar-refractivity contribution in [3.05, 3.63) is 96.1 Å². The number of methoxy groups -OCH3 is 1. The van der Waals surface area contributed by atoms with Crippen LogP contribution in [0.15, 0.2) is 83.4 Å². The fourth-order valence-corrected chi connectivity index (χ4v) is 3.17. The maximum absolute atomic E-state index is 12.5. The van der Waals surface area contributed by atoms with Crippen LogP contribution >= 0.6 is 0 Å². The summed E-state index contributed by atoms with van der Waals surface area (Å²) in [6, 6.07) is 23.2. The Morgan fingerprint density at radius 2 is 1.65 bits per heavy atom. The minimum atomic E-state index is -0.545. The Morgan fingerprint density at radius 3 is 2.39 bits per heavy atom. The molecule has 0 spiro atoms.